The van der Waals surface area contributed by atoms with Crippen molar-refractivity contribution in [3.8, 4) is 0 Å². The lowest BCUT2D eigenvalue weighted by Crippen LogP contribution is -2.43. The number of piperidine rings is 1. The highest BCUT2D eigenvalue weighted by Crippen LogP contribution is 2.17. The van der Waals surface area contributed by atoms with Crippen molar-refractivity contribution in [1.82, 2.24) is 20.0 Å². The number of benzene rings is 2. The van der Waals surface area contributed by atoms with Gasteiger partial charge in [0.1, 0.15) is 0 Å². The van der Waals surface area contributed by atoms with Crippen LogP contribution in [-0.4, -0.2) is 39.7 Å². The molecule has 5 heteroatoms. The summed E-state index contributed by atoms with van der Waals surface area (Å²) in [6.45, 7) is 9.88. The zero-order valence-electron chi connectivity index (χ0n) is 19.9. The van der Waals surface area contributed by atoms with E-state index in [-0.39, 0.29) is 11.9 Å². The summed E-state index contributed by atoms with van der Waals surface area (Å²) >= 11 is 0. The van der Waals surface area contributed by atoms with E-state index in [2.05, 4.69) is 78.7 Å². The quantitative estimate of drug-likeness (QED) is 0.542. The summed E-state index contributed by atoms with van der Waals surface area (Å²) in [6, 6.07) is 19.3. The SMILES string of the molecule is Cc1ccc(Cn2nc(C)c(/C=C/C(=O)NC3CCN(Cc4ccccc4)CC3)c2C)cc1. The Kier molecular flexibility index (Phi) is 7.40. The van der Waals surface area contributed by atoms with E-state index >= 15 is 0 Å². The highest BCUT2D eigenvalue weighted by atomic mass is 16.1. The van der Waals surface area contributed by atoms with Crippen molar-refractivity contribution in [1.29, 1.82) is 0 Å². The minimum atomic E-state index is -0.0263. The van der Waals surface area contributed by atoms with Gasteiger partial charge in [-0.15, -0.1) is 0 Å². The van der Waals surface area contributed by atoms with Gasteiger partial charge in [0.15, 0.2) is 0 Å². The third-order valence-corrected chi connectivity index (χ3v) is 6.47. The maximum atomic E-state index is 12.6. The van der Waals surface area contributed by atoms with Gasteiger partial charge in [0.2, 0.25) is 5.91 Å². The lowest BCUT2D eigenvalue weighted by atomic mass is 10.0. The minimum absolute atomic E-state index is 0.0263. The molecule has 1 fully saturated rings. The van der Waals surface area contributed by atoms with Gasteiger partial charge in [-0.05, 0) is 50.8 Å². The van der Waals surface area contributed by atoms with E-state index < -0.39 is 0 Å². The molecule has 172 valence electrons. The number of carbonyl (C=O) groups is 1. The third-order valence-electron chi connectivity index (χ3n) is 6.47. The first-order valence-corrected chi connectivity index (χ1v) is 11.8. The van der Waals surface area contributed by atoms with Crippen molar-refractivity contribution in [3.05, 3.63) is 94.3 Å². The monoisotopic (exact) mass is 442 g/mol. The molecule has 3 aromatic rings. The molecule has 1 aromatic heterocycles. The molecule has 2 aromatic carbocycles. The summed E-state index contributed by atoms with van der Waals surface area (Å²) in [6.07, 6.45) is 5.53. The predicted molar refractivity (Wildman–Crippen MR) is 134 cm³/mol. The first kappa shape index (κ1) is 23.0. The van der Waals surface area contributed by atoms with Crippen molar-refractivity contribution < 1.29 is 4.79 Å². The highest BCUT2D eigenvalue weighted by Gasteiger charge is 2.20. The standard InChI is InChI=1S/C28H34N4O/c1-21-9-11-25(12-10-21)20-32-23(3)27(22(2)30-32)13-14-28(33)29-26-15-17-31(18-16-26)19-24-7-5-4-6-8-24/h4-14,26H,15-20H2,1-3H3,(H,29,33)/b14-13+. The second kappa shape index (κ2) is 10.6. The Morgan fingerprint density at radius 1 is 0.970 bits per heavy atom. The van der Waals surface area contributed by atoms with Crippen LogP contribution in [0.25, 0.3) is 6.08 Å². The molecule has 0 bridgehead atoms. The molecule has 4 rings (SSSR count). The van der Waals surface area contributed by atoms with Gasteiger partial charge < -0.3 is 5.32 Å². The Labute approximate surface area is 197 Å². The van der Waals surface area contributed by atoms with Gasteiger partial charge in [-0.1, -0.05) is 60.2 Å². The molecule has 0 spiro atoms. The van der Waals surface area contributed by atoms with Crippen LogP contribution in [0.1, 0.15) is 46.5 Å². The maximum Gasteiger partial charge on any atom is 0.244 e. The van der Waals surface area contributed by atoms with Crippen LogP contribution < -0.4 is 5.32 Å². The number of aromatic nitrogens is 2. The summed E-state index contributed by atoms with van der Waals surface area (Å²) in [7, 11) is 0. The van der Waals surface area contributed by atoms with Gasteiger partial charge in [0.05, 0.1) is 12.2 Å². The van der Waals surface area contributed by atoms with Crippen LogP contribution in [-0.2, 0) is 17.9 Å². The molecule has 0 aliphatic carbocycles. The number of amides is 1. The lowest BCUT2D eigenvalue weighted by Gasteiger charge is -2.32. The number of nitrogens with one attached hydrogen (secondary N) is 1. The van der Waals surface area contributed by atoms with Crippen molar-refractivity contribution in [2.75, 3.05) is 13.1 Å². The zero-order chi connectivity index (χ0) is 23.2. The zero-order valence-corrected chi connectivity index (χ0v) is 19.9. The second-order valence-electron chi connectivity index (χ2n) is 9.11. The summed E-state index contributed by atoms with van der Waals surface area (Å²) in [5.74, 6) is -0.0263. The van der Waals surface area contributed by atoms with Crippen LogP contribution in [0.3, 0.4) is 0 Å². The first-order valence-electron chi connectivity index (χ1n) is 11.8. The number of rotatable bonds is 7. The third kappa shape index (κ3) is 6.20. The van der Waals surface area contributed by atoms with Crippen LogP contribution in [0.5, 0.6) is 0 Å². The van der Waals surface area contributed by atoms with Gasteiger partial charge >= 0.3 is 0 Å². The van der Waals surface area contributed by atoms with Crippen LogP contribution in [0.15, 0.2) is 60.7 Å². The number of carbonyl (C=O) groups excluding carboxylic acids is 1. The van der Waals surface area contributed by atoms with Crippen molar-refractivity contribution in [2.45, 2.75) is 52.7 Å². The molecular weight excluding hydrogens is 408 g/mol. The predicted octanol–water partition coefficient (Wildman–Crippen LogP) is 4.65. The molecular formula is C28H34N4O. The lowest BCUT2D eigenvalue weighted by molar-refractivity contribution is -0.117. The molecule has 0 radical (unpaired) electrons. The van der Waals surface area contributed by atoms with E-state index in [9.17, 15) is 4.79 Å². The molecule has 5 nitrogen and oxygen atoms in total. The average molecular weight is 443 g/mol. The molecule has 1 amide bonds. The molecule has 1 saturated heterocycles. The molecule has 0 saturated carbocycles. The van der Waals surface area contributed by atoms with Gasteiger partial charge in [-0.2, -0.15) is 5.10 Å². The Hall–Kier alpha value is -3.18. The minimum Gasteiger partial charge on any atom is -0.350 e. The molecule has 1 aliphatic heterocycles. The van der Waals surface area contributed by atoms with E-state index in [0.717, 1.165) is 56.0 Å². The Balaban J connectivity index is 1.29. The molecule has 33 heavy (non-hydrogen) atoms. The number of likely N-dealkylation sites (tertiary alicyclic amines) is 1. The first-order chi connectivity index (χ1) is 16.0. The van der Waals surface area contributed by atoms with Crippen molar-refractivity contribution >= 4 is 12.0 Å². The topological polar surface area (TPSA) is 50.2 Å². The van der Waals surface area contributed by atoms with E-state index in [1.807, 2.05) is 17.7 Å². The van der Waals surface area contributed by atoms with Crippen molar-refractivity contribution in [2.24, 2.45) is 0 Å². The van der Waals surface area contributed by atoms with Crippen molar-refractivity contribution in [3.63, 3.8) is 0 Å². The number of nitrogens with zero attached hydrogens (tertiary/aromatic N) is 3. The van der Waals surface area contributed by atoms with E-state index in [4.69, 9.17) is 5.10 Å². The largest absolute Gasteiger partial charge is 0.350 e. The van der Waals surface area contributed by atoms with Crippen LogP contribution in [0.2, 0.25) is 0 Å². The second-order valence-corrected chi connectivity index (χ2v) is 9.11. The smallest absolute Gasteiger partial charge is 0.244 e. The highest BCUT2D eigenvalue weighted by molar-refractivity contribution is 5.92. The number of hydrogen-bond donors (Lipinski definition) is 1. The summed E-state index contributed by atoms with van der Waals surface area (Å²) in [5.41, 5.74) is 6.86. The fourth-order valence-corrected chi connectivity index (χ4v) is 4.46. The van der Waals surface area contributed by atoms with E-state index in [0.29, 0.717) is 0 Å². The maximum absolute atomic E-state index is 12.6. The number of aryl methyl sites for hydroxylation is 2. The number of hydrogen-bond acceptors (Lipinski definition) is 3. The van der Waals surface area contributed by atoms with E-state index in [1.165, 1.54) is 16.7 Å². The molecule has 0 unspecified atom stereocenters. The summed E-state index contributed by atoms with van der Waals surface area (Å²) < 4.78 is 2.01. The van der Waals surface area contributed by atoms with Crippen LogP contribution >= 0.6 is 0 Å². The molecule has 1 N–H and O–H groups in total. The van der Waals surface area contributed by atoms with Crippen LogP contribution in [0.4, 0.5) is 0 Å². The van der Waals surface area contributed by atoms with Gasteiger partial charge in [-0.25, -0.2) is 0 Å². The summed E-state index contributed by atoms with van der Waals surface area (Å²) in [4.78, 5) is 15.0. The fraction of sp³-hybridized carbons (Fsp3) is 0.357. The Morgan fingerprint density at radius 2 is 1.64 bits per heavy atom. The van der Waals surface area contributed by atoms with E-state index in [1.54, 1.807) is 6.08 Å². The molecule has 0 atom stereocenters. The van der Waals surface area contributed by atoms with Gasteiger partial charge in [0.25, 0.3) is 0 Å². The molecule has 2 heterocycles. The molecule has 1 aliphatic rings. The van der Waals surface area contributed by atoms with Crippen LogP contribution in [0, 0.1) is 20.8 Å². The Bertz CT molecular complexity index is 1090. The Morgan fingerprint density at radius 3 is 2.33 bits per heavy atom. The fourth-order valence-electron chi connectivity index (χ4n) is 4.46. The normalized spacial score (nSPS) is 15.2. The average Bonchev–Trinajstić information content (AvgIpc) is 3.08. The van der Waals surface area contributed by atoms with Gasteiger partial charge in [0, 0.05) is 43.0 Å². The van der Waals surface area contributed by atoms with Gasteiger partial charge in [-0.3, -0.25) is 14.4 Å². The summed E-state index contributed by atoms with van der Waals surface area (Å²) in [5, 5.41) is 7.88.